The molecule has 3 heterocycles. The van der Waals surface area contributed by atoms with Gasteiger partial charge in [0.1, 0.15) is 6.17 Å². The first kappa shape index (κ1) is 30.1. The molecule has 1 aromatic carbocycles. The van der Waals surface area contributed by atoms with Gasteiger partial charge in [-0.15, -0.1) is 0 Å². The molecular weight excluding hydrogens is 523 g/mol. The Labute approximate surface area is 240 Å². The SMILES string of the molecule is CCC(=O)O[C@](c1cncc(-c2c(C)cccc2C)c1)(C(C)C)C(C(N)=O)n1cc(CN2CC[C@@H](F)C2)ccc1=O. The number of nitrogens with zero attached hydrogens (tertiary/aromatic N) is 3. The molecule has 2 aromatic heterocycles. The van der Waals surface area contributed by atoms with Crippen LogP contribution in [0.2, 0.25) is 0 Å². The van der Waals surface area contributed by atoms with E-state index in [9.17, 15) is 18.8 Å². The number of aromatic nitrogens is 2. The van der Waals surface area contributed by atoms with Gasteiger partial charge in [0.2, 0.25) is 5.91 Å². The van der Waals surface area contributed by atoms with E-state index < -0.39 is 41.2 Å². The van der Waals surface area contributed by atoms with Gasteiger partial charge in [-0.1, -0.05) is 45.0 Å². The summed E-state index contributed by atoms with van der Waals surface area (Å²) in [6, 6.07) is 9.50. The number of hydrogen-bond donors (Lipinski definition) is 1. The van der Waals surface area contributed by atoms with Crippen LogP contribution < -0.4 is 11.3 Å². The first-order valence-corrected chi connectivity index (χ1v) is 14.1. The highest BCUT2D eigenvalue weighted by molar-refractivity contribution is 5.82. The Kier molecular flexibility index (Phi) is 9.07. The number of carbonyl (C=O) groups excluding carboxylic acids is 2. The predicted octanol–water partition coefficient (Wildman–Crippen LogP) is 4.60. The van der Waals surface area contributed by atoms with Crippen LogP contribution in [-0.4, -0.2) is 45.6 Å². The Morgan fingerprint density at radius 1 is 1.17 bits per heavy atom. The van der Waals surface area contributed by atoms with E-state index in [1.165, 1.54) is 10.6 Å². The summed E-state index contributed by atoms with van der Waals surface area (Å²) in [5, 5.41) is 0. The smallest absolute Gasteiger partial charge is 0.306 e. The second-order valence-electron chi connectivity index (χ2n) is 11.2. The zero-order chi connectivity index (χ0) is 29.9. The maximum absolute atomic E-state index is 13.8. The van der Waals surface area contributed by atoms with Crippen molar-refractivity contribution >= 4 is 11.9 Å². The predicted molar refractivity (Wildman–Crippen MR) is 156 cm³/mol. The molecule has 0 bridgehead atoms. The number of rotatable bonds is 10. The molecule has 8 nitrogen and oxygen atoms in total. The summed E-state index contributed by atoms with van der Waals surface area (Å²) in [5.74, 6) is -1.87. The highest BCUT2D eigenvalue weighted by atomic mass is 19.1. The highest BCUT2D eigenvalue weighted by Gasteiger charge is 2.51. The van der Waals surface area contributed by atoms with E-state index in [-0.39, 0.29) is 6.42 Å². The Bertz CT molecular complexity index is 1470. The van der Waals surface area contributed by atoms with Gasteiger partial charge in [-0.25, -0.2) is 4.39 Å². The first-order valence-electron chi connectivity index (χ1n) is 14.1. The molecule has 4 rings (SSSR count). The summed E-state index contributed by atoms with van der Waals surface area (Å²) < 4.78 is 21.3. The summed E-state index contributed by atoms with van der Waals surface area (Å²) in [7, 11) is 0. The fourth-order valence-electron chi connectivity index (χ4n) is 5.95. The van der Waals surface area contributed by atoms with Crippen LogP contribution in [0.1, 0.15) is 61.9 Å². The van der Waals surface area contributed by atoms with Crippen LogP contribution in [0.15, 0.2) is 59.8 Å². The van der Waals surface area contributed by atoms with Crippen LogP contribution in [0.5, 0.6) is 0 Å². The minimum atomic E-state index is -1.65. The molecule has 41 heavy (non-hydrogen) atoms. The van der Waals surface area contributed by atoms with Crippen LogP contribution in [-0.2, 0) is 26.5 Å². The van der Waals surface area contributed by atoms with Gasteiger partial charge in [0, 0.05) is 67.8 Å². The molecule has 3 aromatic rings. The van der Waals surface area contributed by atoms with Crippen LogP contribution >= 0.6 is 0 Å². The average molecular weight is 563 g/mol. The number of likely N-dealkylation sites (tertiary alicyclic amines) is 1. The van der Waals surface area contributed by atoms with Crippen molar-refractivity contribution < 1.29 is 18.7 Å². The van der Waals surface area contributed by atoms with Crippen molar-refractivity contribution in [3.8, 4) is 11.1 Å². The van der Waals surface area contributed by atoms with Gasteiger partial charge in [-0.3, -0.25) is 28.8 Å². The van der Waals surface area contributed by atoms with Crippen LogP contribution in [0.4, 0.5) is 4.39 Å². The van der Waals surface area contributed by atoms with Gasteiger partial charge in [0.15, 0.2) is 11.6 Å². The van der Waals surface area contributed by atoms with E-state index in [0.29, 0.717) is 37.2 Å². The number of ether oxygens (including phenoxy) is 1. The van der Waals surface area contributed by atoms with Crippen LogP contribution in [0, 0.1) is 19.8 Å². The van der Waals surface area contributed by atoms with E-state index in [1.807, 2.05) is 56.9 Å². The van der Waals surface area contributed by atoms with Crippen molar-refractivity contribution in [2.45, 2.75) is 71.8 Å². The lowest BCUT2D eigenvalue weighted by molar-refractivity contribution is -0.177. The molecule has 1 amide bonds. The van der Waals surface area contributed by atoms with Crippen LogP contribution in [0.3, 0.4) is 0 Å². The second kappa shape index (κ2) is 12.3. The zero-order valence-electron chi connectivity index (χ0n) is 24.4. The molecule has 0 saturated carbocycles. The lowest BCUT2D eigenvalue weighted by Crippen LogP contribution is -2.53. The number of aryl methyl sites for hydroxylation is 2. The molecule has 1 aliphatic rings. The normalized spacial score (nSPS) is 17.8. The first-order chi connectivity index (χ1) is 19.5. The quantitative estimate of drug-likeness (QED) is 0.362. The van der Waals surface area contributed by atoms with E-state index in [2.05, 4.69) is 4.98 Å². The van der Waals surface area contributed by atoms with E-state index in [1.54, 1.807) is 31.6 Å². The molecule has 0 spiro atoms. The third-order valence-electron chi connectivity index (χ3n) is 7.96. The fourth-order valence-corrected chi connectivity index (χ4v) is 5.95. The number of carbonyl (C=O) groups is 2. The molecule has 218 valence electrons. The molecule has 1 fully saturated rings. The van der Waals surface area contributed by atoms with Gasteiger partial charge < -0.3 is 10.5 Å². The maximum atomic E-state index is 13.8. The third-order valence-corrected chi connectivity index (χ3v) is 7.96. The summed E-state index contributed by atoms with van der Waals surface area (Å²) in [6.45, 7) is 10.6. The number of hydrogen-bond acceptors (Lipinski definition) is 6. The Balaban J connectivity index is 1.93. The summed E-state index contributed by atoms with van der Waals surface area (Å²) >= 11 is 0. The van der Waals surface area contributed by atoms with Gasteiger partial charge >= 0.3 is 5.97 Å². The molecule has 1 unspecified atom stereocenters. The van der Waals surface area contributed by atoms with Gasteiger partial charge in [-0.05, 0) is 48.6 Å². The molecular formula is C32H39FN4O4. The minimum absolute atomic E-state index is 0.0538. The number of primary amides is 1. The van der Waals surface area contributed by atoms with E-state index in [4.69, 9.17) is 10.5 Å². The third kappa shape index (κ3) is 6.10. The van der Waals surface area contributed by atoms with Crippen molar-refractivity contribution in [2.75, 3.05) is 13.1 Å². The average Bonchev–Trinajstić information content (AvgIpc) is 3.33. The molecule has 0 radical (unpaired) electrons. The lowest BCUT2D eigenvalue weighted by Gasteiger charge is -2.42. The number of nitrogens with two attached hydrogens (primary N) is 1. The lowest BCUT2D eigenvalue weighted by atomic mass is 9.76. The van der Waals surface area contributed by atoms with Crippen molar-refractivity contribution in [2.24, 2.45) is 11.7 Å². The Hall–Kier alpha value is -3.85. The minimum Gasteiger partial charge on any atom is -0.451 e. The molecule has 1 saturated heterocycles. The van der Waals surface area contributed by atoms with Crippen molar-refractivity contribution in [3.05, 3.63) is 87.6 Å². The summed E-state index contributed by atoms with van der Waals surface area (Å²) in [6.07, 6.45) is 4.48. The number of esters is 1. The largest absolute Gasteiger partial charge is 0.451 e. The standard InChI is InChI=1S/C32H39FN4O4/c1-6-28(39)41-32(20(2)3,25-14-24(15-35-16-25)29-21(4)8-7-9-22(29)5)30(31(34)40)37-18-23(10-11-27(37)38)17-36-13-12-26(33)19-36/h7-11,14-16,18,20,26,30H,6,12-13,17,19H2,1-5H3,(H2,34,40)/t26-,30?,32+/m1/s1. The summed E-state index contributed by atoms with van der Waals surface area (Å²) in [4.78, 5) is 46.2. The highest BCUT2D eigenvalue weighted by Crippen LogP contribution is 2.45. The Morgan fingerprint density at radius 3 is 2.46 bits per heavy atom. The number of benzene rings is 1. The monoisotopic (exact) mass is 562 g/mol. The molecule has 9 heteroatoms. The summed E-state index contributed by atoms with van der Waals surface area (Å²) in [5.41, 5.74) is 8.96. The zero-order valence-corrected chi connectivity index (χ0v) is 24.4. The second-order valence-corrected chi connectivity index (χ2v) is 11.2. The maximum Gasteiger partial charge on any atom is 0.306 e. The topological polar surface area (TPSA) is 108 Å². The number of pyridine rings is 2. The molecule has 0 aliphatic carbocycles. The van der Waals surface area contributed by atoms with Crippen molar-refractivity contribution in [1.82, 2.24) is 14.5 Å². The molecule has 3 atom stereocenters. The number of halogens is 1. The molecule has 2 N–H and O–H groups in total. The fraction of sp³-hybridized carbons (Fsp3) is 0.438. The van der Waals surface area contributed by atoms with E-state index in [0.717, 1.165) is 22.3 Å². The molecule has 1 aliphatic heterocycles. The number of alkyl halides is 1. The number of amides is 1. The van der Waals surface area contributed by atoms with Gasteiger partial charge in [0.25, 0.3) is 5.56 Å². The Morgan fingerprint density at radius 2 is 1.88 bits per heavy atom. The van der Waals surface area contributed by atoms with E-state index >= 15 is 0 Å². The van der Waals surface area contributed by atoms with Gasteiger partial charge in [0.05, 0.1) is 0 Å². The van der Waals surface area contributed by atoms with Crippen LogP contribution in [0.25, 0.3) is 11.1 Å². The van der Waals surface area contributed by atoms with Gasteiger partial charge in [-0.2, -0.15) is 0 Å². The van der Waals surface area contributed by atoms with Crippen molar-refractivity contribution in [1.29, 1.82) is 0 Å². The van der Waals surface area contributed by atoms with Crippen molar-refractivity contribution in [3.63, 3.8) is 0 Å².